The third-order valence-electron chi connectivity index (χ3n) is 3.36. The average Bonchev–Trinajstić information content (AvgIpc) is 2.25. The number of carboxylic acid groups (broad SMARTS) is 2. The second-order valence-corrected chi connectivity index (χ2v) is 5.44. The van der Waals surface area contributed by atoms with Crippen LogP contribution in [0, 0.1) is 10.8 Å². The van der Waals surface area contributed by atoms with Crippen molar-refractivity contribution in [2.45, 2.75) is 27.2 Å². The Labute approximate surface area is 106 Å². The zero-order valence-electron chi connectivity index (χ0n) is 10.8. The number of carbonyl (C=O) groups is 2. The first kappa shape index (κ1) is 14.2. The molecule has 0 aromatic rings. The van der Waals surface area contributed by atoms with Gasteiger partial charge in [0.2, 0.25) is 0 Å². The van der Waals surface area contributed by atoms with Gasteiger partial charge in [0.05, 0.1) is 5.41 Å². The van der Waals surface area contributed by atoms with Gasteiger partial charge in [0.1, 0.15) is 0 Å². The Morgan fingerprint density at radius 1 is 1.33 bits per heavy atom. The molecule has 0 spiro atoms. The maximum atomic E-state index is 11.5. The maximum Gasteiger partial charge on any atom is 0.328 e. The summed E-state index contributed by atoms with van der Waals surface area (Å²) in [6.07, 6.45) is 7.97. The van der Waals surface area contributed by atoms with Crippen molar-refractivity contribution in [2.75, 3.05) is 0 Å². The summed E-state index contributed by atoms with van der Waals surface area (Å²) in [5, 5.41) is 18.0. The Morgan fingerprint density at radius 3 is 2.28 bits per heavy atom. The van der Waals surface area contributed by atoms with Crippen LogP contribution < -0.4 is 0 Å². The molecule has 18 heavy (non-hydrogen) atoms. The van der Waals surface area contributed by atoms with Crippen molar-refractivity contribution in [2.24, 2.45) is 10.8 Å². The molecule has 0 saturated heterocycles. The van der Waals surface area contributed by atoms with E-state index in [1.54, 1.807) is 18.2 Å². The van der Waals surface area contributed by atoms with Crippen LogP contribution in [0.25, 0.3) is 0 Å². The van der Waals surface area contributed by atoms with E-state index < -0.39 is 22.8 Å². The molecule has 4 heteroatoms. The third-order valence-corrected chi connectivity index (χ3v) is 3.36. The van der Waals surface area contributed by atoms with Gasteiger partial charge in [-0.2, -0.15) is 0 Å². The number of rotatable bonds is 3. The molecule has 0 amide bonds. The van der Waals surface area contributed by atoms with E-state index >= 15 is 0 Å². The van der Waals surface area contributed by atoms with Crippen molar-refractivity contribution in [1.82, 2.24) is 0 Å². The zero-order chi connectivity index (χ0) is 14.0. The first-order valence-electron chi connectivity index (χ1n) is 5.73. The normalized spacial score (nSPS) is 24.1. The highest BCUT2D eigenvalue weighted by molar-refractivity contribution is 5.81. The highest BCUT2D eigenvalue weighted by Gasteiger charge is 2.46. The fraction of sp³-hybridized carbons (Fsp3) is 0.429. The predicted molar refractivity (Wildman–Crippen MR) is 68.1 cm³/mol. The number of hydrogen-bond acceptors (Lipinski definition) is 2. The Hall–Kier alpha value is -1.84. The molecular formula is C14H18O4. The molecule has 1 atom stereocenters. The van der Waals surface area contributed by atoms with Crippen LogP contribution in [0.2, 0.25) is 0 Å². The van der Waals surface area contributed by atoms with E-state index in [9.17, 15) is 14.7 Å². The first-order valence-corrected chi connectivity index (χ1v) is 5.73. The minimum atomic E-state index is -1.02. The van der Waals surface area contributed by atoms with Gasteiger partial charge in [0, 0.05) is 6.08 Å². The monoisotopic (exact) mass is 250 g/mol. The molecule has 0 unspecified atom stereocenters. The molecule has 0 aromatic carbocycles. The summed E-state index contributed by atoms with van der Waals surface area (Å²) in [4.78, 5) is 21.9. The largest absolute Gasteiger partial charge is 0.481 e. The topological polar surface area (TPSA) is 74.6 Å². The van der Waals surface area contributed by atoms with Gasteiger partial charge in [-0.15, -0.1) is 0 Å². The fourth-order valence-electron chi connectivity index (χ4n) is 1.98. The van der Waals surface area contributed by atoms with Gasteiger partial charge in [-0.05, 0) is 23.5 Å². The molecule has 4 nitrogen and oxygen atoms in total. The maximum absolute atomic E-state index is 11.5. The summed E-state index contributed by atoms with van der Waals surface area (Å²) in [6, 6.07) is 0. The molecule has 0 aliphatic heterocycles. The minimum absolute atomic E-state index is 0.363. The van der Waals surface area contributed by atoms with Crippen LogP contribution in [-0.4, -0.2) is 22.2 Å². The van der Waals surface area contributed by atoms with Crippen LogP contribution in [0.3, 0.4) is 0 Å². The van der Waals surface area contributed by atoms with E-state index in [1.807, 2.05) is 20.8 Å². The minimum Gasteiger partial charge on any atom is -0.481 e. The van der Waals surface area contributed by atoms with E-state index in [4.69, 9.17) is 5.11 Å². The molecule has 0 heterocycles. The zero-order valence-corrected chi connectivity index (χ0v) is 10.8. The van der Waals surface area contributed by atoms with Crippen LogP contribution >= 0.6 is 0 Å². The predicted octanol–water partition coefficient (Wildman–Crippen LogP) is 2.63. The van der Waals surface area contributed by atoms with Gasteiger partial charge in [0.15, 0.2) is 0 Å². The summed E-state index contributed by atoms with van der Waals surface area (Å²) >= 11 is 0. The second-order valence-electron chi connectivity index (χ2n) is 5.44. The van der Waals surface area contributed by atoms with Crippen molar-refractivity contribution < 1.29 is 19.8 Å². The van der Waals surface area contributed by atoms with Crippen LogP contribution in [0.4, 0.5) is 0 Å². The standard InChI is InChI=1S/C14H18O4/c1-13(2,3)14(12(17)18)8-6-10(7-9-14)4-5-11(15)16/h4-8H,9H2,1-3H3,(H,15,16)(H,17,18)/b5-4+/t14-/m1/s1. The van der Waals surface area contributed by atoms with Crippen molar-refractivity contribution in [3.63, 3.8) is 0 Å². The van der Waals surface area contributed by atoms with Crippen molar-refractivity contribution in [1.29, 1.82) is 0 Å². The first-order chi connectivity index (χ1) is 8.19. The van der Waals surface area contributed by atoms with E-state index in [1.165, 1.54) is 6.08 Å². The lowest BCUT2D eigenvalue weighted by Gasteiger charge is -2.39. The van der Waals surface area contributed by atoms with E-state index in [-0.39, 0.29) is 0 Å². The lowest BCUT2D eigenvalue weighted by atomic mass is 9.63. The van der Waals surface area contributed by atoms with Gasteiger partial charge >= 0.3 is 11.9 Å². The Kier molecular flexibility index (Phi) is 3.79. The van der Waals surface area contributed by atoms with Crippen LogP contribution in [-0.2, 0) is 9.59 Å². The molecule has 1 rings (SSSR count). The summed E-state index contributed by atoms with van der Waals surface area (Å²) in [5.41, 5.74) is -0.625. The molecule has 0 radical (unpaired) electrons. The summed E-state index contributed by atoms with van der Waals surface area (Å²) in [7, 11) is 0. The second kappa shape index (κ2) is 4.80. The van der Waals surface area contributed by atoms with E-state index in [0.717, 1.165) is 11.6 Å². The lowest BCUT2D eigenvalue weighted by Crippen LogP contribution is -2.41. The average molecular weight is 250 g/mol. The molecular weight excluding hydrogens is 232 g/mol. The molecule has 1 aliphatic rings. The van der Waals surface area contributed by atoms with Gasteiger partial charge in [-0.1, -0.05) is 39.0 Å². The smallest absolute Gasteiger partial charge is 0.328 e. The molecule has 0 fully saturated rings. The molecule has 0 saturated carbocycles. The summed E-state index contributed by atoms with van der Waals surface area (Å²) in [6.45, 7) is 5.66. The molecule has 0 bridgehead atoms. The Balaban J connectivity index is 2.99. The Bertz CT molecular complexity index is 449. The number of aliphatic carboxylic acids is 2. The molecule has 98 valence electrons. The van der Waals surface area contributed by atoms with Crippen molar-refractivity contribution in [3.8, 4) is 0 Å². The quantitative estimate of drug-likeness (QED) is 0.755. The van der Waals surface area contributed by atoms with Crippen molar-refractivity contribution in [3.05, 3.63) is 36.0 Å². The van der Waals surface area contributed by atoms with Gasteiger partial charge in [0.25, 0.3) is 0 Å². The van der Waals surface area contributed by atoms with Gasteiger partial charge < -0.3 is 10.2 Å². The lowest BCUT2D eigenvalue weighted by molar-refractivity contribution is -0.151. The summed E-state index contributed by atoms with van der Waals surface area (Å²) in [5.74, 6) is -1.88. The van der Waals surface area contributed by atoms with E-state index in [0.29, 0.717) is 6.42 Å². The summed E-state index contributed by atoms with van der Waals surface area (Å²) < 4.78 is 0. The molecule has 2 N–H and O–H groups in total. The Morgan fingerprint density at radius 2 is 1.94 bits per heavy atom. The van der Waals surface area contributed by atoms with Crippen LogP contribution in [0.1, 0.15) is 27.2 Å². The molecule has 1 aliphatic carbocycles. The number of allylic oxidation sites excluding steroid dienone is 4. The number of hydrogen-bond donors (Lipinski definition) is 2. The van der Waals surface area contributed by atoms with E-state index in [2.05, 4.69) is 0 Å². The highest BCUT2D eigenvalue weighted by Crippen LogP contribution is 2.45. The molecule has 0 aromatic heterocycles. The van der Waals surface area contributed by atoms with Crippen LogP contribution in [0.5, 0.6) is 0 Å². The van der Waals surface area contributed by atoms with Crippen LogP contribution in [0.15, 0.2) is 36.0 Å². The third kappa shape index (κ3) is 2.70. The fourth-order valence-corrected chi connectivity index (χ4v) is 1.98. The highest BCUT2D eigenvalue weighted by atomic mass is 16.4. The van der Waals surface area contributed by atoms with Gasteiger partial charge in [-0.25, -0.2) is 4.79 Å². The number of carboxylic acids is 2. The SMILES string of the molecule is CC(C)(C)[C@]1(C(=O)O)C=CC(/C=C/C(=O)O)=CC1. The van der Waals surface area contributed by atoms with Crippen molar-refractivity contribution >= 4 is 11.9 Å². The van der Waals surface area contributed by atoms with Gasteiger partial charge in [-0.3, -0.25) is 4.79 Å².